The molecule has 0 aliphatic rings. The van der Waals surface area contributed by atoms with Gasteiger partial charge in [-0.25, -0.2) is 0 Å². The van der Waals surface area contributed by atoms with Crippen molar-refractivity contribution in [1.29, 1.82) is 5.26 Å². The number of methoxy groups -OCH3 is 1. The molecule has 0 saturated carbocycles. The quantitative estimate of drug-likeness (QED) is 0.155. The minimum atomic E-state index is -0.440. The zero-order valence-electron chi connectivity index (χ0n) is 19.9. The van der Waals surface area contributed by atoms with Crippen LogP contribution >= 0.6 is 11.6 Å². The molecule has 0 aliphatic carbocycles. The molecule has 1 amide bonds. The molecule has 0 saturated heterocycles. The van der Waals surface area contributed by atoms with Crippen molar-refractivity contribution in [3.05, 3.63) is 57.6 Å². The van der Waals surface area contributed by atoms with Crippen LogP contribution in [0.5, 0.6) is 17.2 Å². The van der Waals surface area contributed by atoms with E-state index in [1.807, 2.05) is 39.0 Å². The van der Waals surface area contributed by atoms with E-state index in [1.54, 1.807) is 18.2 Å². The first-order valence-corrected chi connectivity index (χ1v) is 11.3. The van der Waals surface area contributed by atoms with Crippen molar-refractivity contribution >= 4 is 29.6 Å². The number of benzene rings is 2. The first-order chi connectivity index (χ1) is 16.3. The first-order valence-electron chi connectivity index (χ1n) is 11.0. The molecule has 2 aromatic carbocycles. The van der Waals surface area contributed by atoms with Crippen LogP contribution in [-0.2, 0) is 9.59 Å². The van der Waals surface area contributed by atoms with Gasteiger partial charge in [-0.1, -0.05) is 24.6 Å². The van der Waals surface area contributed by atoms with Crippen LogP contribution in [0.25, 0.3) is 6.08 Å². The van der Waals surface area contributed by atoms with Crippen molar-refractivity contribution in [2.45, 2.75) is 40.0 Å². The molecule has 7 nitrogen and oxygen atoms in total. The van der Waals surface area contributed by atoms with Crippen molar-refractivity contribution in [2.75, 3.05) is 20.3 Å². The molecule has 34 heavy (non-hydrogen) atoms. The van der Waals surface area contributed by atoms with Gasteiger partial charge in [0.25, 0.3) is 5.91 Å². The second-order valence-electron chi connectivity index (χ2n) is 7.63. The molecule has 0 fully saturated rings. The number of nitrogens with zero attached hydrogens (tertiary/aromatic N) is 1. The van der Waals surface area contributed by atoms with Gasteiger partial charge in [-0.15, -0.1) is 0 Å². The lowest BCUT2D eigenvalue weighted by Crippen LogP contribution is -2.25. The second kappa shape index (κ2) is 13.3. The summed E-state index contributed by atoms with van der Waals surface area (Å²) in [6, 6.07) is 10.4. The molecule has 0 aromatic heterocycles. The summed E-state index contributed by atoms with van der Waals surface area (Å²) in [6.45, 7) is 6.59. The molecule has 180 valence electrons. The summed E-state index contributed by atoms with van der Waals surface area (Å²) >= 11 is 6.17. The van der Waals surface area contributed by atoms with Crippen LogP contribution in [-0.4, -0.2) is 32.1 Å². The van der Waals surface area contributed by atoms with E-state index in [0.717, 1.165) is 22.6 Å². The number of halogens is 1. The third-order valence-electron chi connectivity index (χ3n) is 4.83. The lowest BCUT2D eigenvalue weighted by molar-refractivity contribution is -0.134. The lowest BCUT2D eigenvalue weighted by atomic mass is 10.1. The van der Waals surface area contributed by atoms with Crippen LogP contribution in [0.15, 0.2) is 35.9 Å². The SMILES string of the molecule is CCCNC(=O)/C(C#N)=C/c1ccc(OC(=O)CCCOc2cc(C)c(Cl)c(C)c2)c(OC)c1. The molecular formula is C26H29ClN2O5. The number of carbonyl (C=O) groups is 2. The summed E-state index contributed by atoms with van der Waals surface area (Å²) in [5, 5.41) is 12.7. The number of hydrogen-bond donors (Lipinski definition) is 1. The Balaban J connectivity index is 1.94. The van der Waals surface area contributed by atoms with Gasteiger partial charge in [-0.05, 0) is 73.7 Å². The number of rotatable bonds is 11. The van der Waals surface area contributed by atoms with Crippen LogP contribution in [0, 0.1) is 25.2 Å². The third kappa shape index (κ3) is 7.82. The summed E-state index contributed by atoms with van der Waals surface area (Å²) in [4.78, 5) is 24.3. The first kappa shape index (κ1) is 26.7. The predicted octanol–water partition coefficient (Wildman–Crippen LogP) is 5.16. The highest BCUT2D eigenvalue weighted by molar-refractivity contribution is 6.32. The molecule has 0 bridgehead atoms. The van der Waals surface area contributed by atoms with Gasteiger partial charge in [0.05, 0.1) is 13.7 Å². The Labute approximate surface area is 205 Å². The monoisotopic (exact) mass is 484 g/mol. The van der Waals surface area contributed by atoms with E-state index in [-0.39, 0.29) is 17.7 Å². The van der Waals surface area contributed by atoms with Gasteiger partial charge in [0, 0.05) is 18.0 Å². The molecule has 2 aromatic rings. The zero-order valence-corrected chi connectivity index (χ0v) is 20.6. The number of carbonyl (C=O) groups excluding carboxylic acids is 2. The van der Waals surface area contributed by atoms with E-state index in [4.69, 9.17) is 25.8 Å². The predicted molar refractivity (Wildman–Crippen MR) is 131 cm³/mol. The van der Waals surface area contributed by atoms with Gasteiger partial charge >= 0.3 is 5.97 Å². The largest absolute Gasteiger partial charge is 0.494 e. The van der Waals surface area contributed by atoms with Gasteiger partial charge in [0.2, 0.25) is 0 Å². The Kier molecular flexibility index (Phi) is 10.4. The number of nitriles is 1. The fourth-order valence-corrected chi connectivity index (χ4v) is 3.19. The van der Waals surface area contributed by atoms with Crippen LogP contribution in [0.1, 0.15) is 42.9 Å². The fraction of sp³-hybridized carbons (Fsp3) is 0.346. The molecule has 0 aliphatic heterocycles. The third-order valence-corrected chi connectivity index (χ3v) is 5.42. The zero-order chi connectivity index (χ0) is 25.1. The van der Waals surface area contributed by atoms with Gasteiger partial charge < -0.3 is 19.5 Å². The van der Waals surface area contributed by atoms with Gasteiger partial charge in [0.15, 0.2) is 11.5 Å². The molecule has 0 radical (unpaired) electrons. The maximum absolute atomic E-state index is 12.3. The second-order valence-corrected chi connectivity index (χ2v) is 8.01. The lowest BCUT2D eigenvalue weighted by Gasteiger charge is -2.11. The summed E-state index contributed by atoms with van der Waals surface area (Å²) in [5.74, 6) is 0.411. The van der Waals surface area contributed by atoms with Crippen LogP contribution in [0.4, 0.5) is 0 Å². The standard InChI is InChI=1S/C26H29ClN2O5/c1-5-10-29-26(31)20(16-28)14-19-8-9-22(23(15-19)32-4)34-24(30)7-6-11-33-21-12-17(2)25(27)18(3)13-21/h8-9,12-15H,5-7,10-11H2,1-4H3,(H,29,31)/b20-14+. The summed E-state index contributed by atoms with van der Waals surface area (Å²) < 4.78 is 16.5. The van der Waals surface area contributed by atoms with Gasteiger partial charge in [0.1, 0.15) is 17.4 Å². The highest BCUT2D eigenvalue weighted by atomic mass is 35.5. The average molecular weight is 485 g/mol. The number of hydrogen-bond acceptors (Lipinski definition) is 6. The Bertz CT molecular complexity index is 1080. The number of nitrogens with one attached hydrogen (secondary N) is 1. The Morgan fingerprint density at radius 3 is 2.47 bits per heavy atom. The van der Waals surface area contributed by atoms with E-state index in [2.05, 4.69) is 5.32 Å². The molecule has 2 rings (SSSR count). The molecule has 0 unspecified atom stereocenters. The van der Waals surface area contributed by atoms with Crippen molar-refractivity contribution in [3.63, 3.8) is 0 Å². The topological polar surface area (TPSA) is 97.7 Å². The minimum Gasteiger partial charge on any atom is -0.494 e. The minimum absolute atomic E-state index is 0.0219. The average Bonchev–Trinajstić information content (AvgIpc) is 2.82. The van der Waals surface area contributed by atoms with Crippen LogP contribution in [0.2, 0.25) is 5.02 Å². The Morgan fingerprint density at radius 1 is 1.15 bits per heavy atom. The smallest absolute Gasteiger partial charge is 0.311 e. The molecule has 0 heterocycles. The van der Waals surface area contributed by atoms with Crippen molar-refractivity contribution in [2.24, 2.45) is 0 Å². The van der Waals surface area contributed by atoms with E-state index >= 15 is 0 Å². The van der Waals surface area contributed by atoms with E-state index in [1.165, 1.54) is 13.2 Å². The van der Waals surface area contributed by atoms with E-state index in [0.29, 0.717) is 36.6 Å². The number of esters is 1. The maximum Gasteiger partial charge on any atom is 0.311 e. The highest BCUT2D eigenvalue weighted by Gasteiger charge is 2.13. The van der Waals surface area contributed by atoms with Crippen LogP contribution in [0.3, 0.4) is 0 Å². The normalized spacial score (nSPS) is 10.9. The maximum atomic E-state index is 12.3. The van der Waals surface area contributed by atoms with Crippen molar-refractivity contribution in [3.8, 4) is 23.3 Å². The number of amides is 1. The Morgan fingerprint density at radius 2 is 1.85 bits per heavy atom. The number of ether oxygens (including phenoxy) is 3. The number of aryl methyl sites for hydroxylation is 2. The molecule has 8 heteroatoms. The van der Waals surface area contributed by atoms with Crippen molar-refractivity contribution < 1.29 is 23.8 Å². The van der Waals surface area contributed by atoms with Gasteiger partial charge in [-0.3, -0.25) is 9.59 Å². The van der Waals surface area contributed by atoms with Crippen molar-refractivity contribution in [1.82, 2.24) is 5.32 Å². The summed E-state index contributed by atoms with van der Waals surface area (Å²) in [6.07, 6.45) is 2.86. The molecular weight excluding hydrogens is 456 g/mol. The molecule has 0 atom stereocenters. The Hall–Kier alpha value is -3.50. The molecule has 1 N–H and O–H groups in total. The van der Waals surface area contributed by atoms with E-state index < -0.39 is 11.9 Å². The van der Waals surface area contributed by atoms with Gasteiger partial charge in [-0.2, -0.15) is 5.26 Å². The van der Waals surface area contributed by atoms with Crippen LogP contribution < -0.4 is 19.5 Å². The highest BCUT2D eigenvalue weighted by Crippen LogP contribution is 2.30. The summed E-state index contributed by atoms with van der Waals surface area (Å²) in [5.41, 5.74) is 2.42. The fourth-order valence-electron chi connectivity index (χ4n) is 3.08. The van der Waals surface area contributed by atoms with E-state index in [9.17, 15) is 14.9 Å². The molecule has 0 spiro atoms. The summed E-state index contributed by atoms with van der Waals surface area (Å²) in [7, 11) is 1.45.